The number of aromatic nitrogens is 2. The van der Waals surface area contributed by atoms with Crippen molar-refractivity contribution in [3.8, 4) is 5.75 Å². The van der Waals surface area contributed by atoms with E-state index in [1.807, 2.05) is 36.4 Å². The van der Waals surface area contributed by atoms with Crippen molar-refractivity contribution in [1.82, 2.24) is 9.66 Å². The van der Waals surface area contributed by atoms with Crippen molar-refractivity contribution in [2.45, 2.75) is 6.61 Å². The van der Waals surface area contributed by atoms with Gasteiger partial charge >= 0.3 is 0 Å². The van der Waals surface area contributed by atoms with Crippen molar-refractivity contribution >= 4 is 17.1 Å². The lowest BCUT2D eigenvalue weighted by Crippen LogP contribution is -2.23. The van der Waals surface area contributed by atoms with Crippen LogP contribution in [-0.2, 0) is 6.61 Å². The van der Waals surface area contributed by atoms with E-state index in [9.17, 15) is 4.79 Å². The van der Waals surface area contributed by atoms with Gasteiger partial charge in [-0.3, -0.25) is 4.79 Å². The van der Waals surface area contributed by atoms with Crippen LogP contribution in [0.25, 0.3) is 10.9 Å². The molecule has 6 heteroatoms. The maximum absolute atomic E-state index is 12.8. The summed E-state index contributed by atoms with van der Waals surface area (Å²) >= 11 is 0. The molecular weight excluding hydrogens is 330 g/mol. The third-order valence-electron chi connectivity index (χ3n) is 3.78. The van der Waals surface area contributed by atoms with Crippen molar-refractivity contribution in [3.05, 3.63) is 94.9 Å². The predicted molar refractivity (Wildman–Crippen MR) is 98.5 cm³/mol. The minimum Gasteiger partial charge on any atom is -0.486 e. The van der Waals surface area contributed by atoms with Gasteiger partial charge in [0, 0.05) is 0 Å². The third kappa shape index (κ3) is 3.25. The number of fused-ring (bicyclic) bond motifs is 1. The summed E-state index contributed by atoms with van der Waals surface area (Å²) in [5.74, 6) is 1.64. The summed E-state index contributed by atoms with van der Waals surface area (Å²) in [5.41, 5.74) is 0.346. The van der Waals surface area contributed by atoms with Gasteiger partial charge < -0.3 is 9.15 Å². The molecule has 0 aliphatic rings. The molecule has 0 fully saturated rings. The summed E-state index contributed by atoms with van der Waals surface area (Å²) < 4.78 is 12.2. The van der Waals surface area contributed by atoms with Gasteiger partial charge in [-0.1, -0.05) is 30.3 Å². The quantitative estimate of drug-likeness (QED) is 0.520. The van der Waals surface area contributed by atoms with Crippen molar-refractivity contribution in [2.75, 3.05) is 0 Å². The Morgan fingerprint density at radius 1 is 1.04 bits per heavy atom. The molecular formula is C20H15N3O3. The van der Waals surface area contributed by atoms with Gasteiger partial charge in [-0.15, -0.1) is 0 Å². The topological polar surface area (TPSA) is 69.6 Å². The van der Waals surface area contributed by atoms with E-state index in [2.05, 4.69) is 10.1 Å². The Bertz CT molecular complexity index is 1100. The summed E-state index contributed by atoms with van der Waals surface area (Å²) in [6, 6.07) is 20.0. The molecule has 2 heterocycles. The molecule has 26 heavy (non-hydrogen) atoms. The van der Waals surface area contributed by atoms with E-state index in [0.717, 1.165) is 0 Å². The highest BCUT2D eigenvalue weighted by Gasteiger charge is 2.11. The maximum Gasteiger partial charge on any atom is 0.282 e. The Balaban J connectivity index is 1.76. The molecule has 0 N–H and O–H groups in total. The number of benzene rings is 2. The highest BCUT2D eigenvalue weighted by molar-refractivity contribution is 5.78. The van der Waals surface area contributed by atoms with Crippen LogP contribution in [0.15, 0.2) is 87.3 Å². The van der Waals surface area contributed by atoms with E-state index in [4.69, 9.17) is 9.15 Å². The largest absolute Gasteiger partial charge is 0.486 e. The van der Waals surface area contributed by atoms with E-state index in [0.29, 0.717) is 28.2 Å². The van der Waals surface area contributed by atoms with Gasteiger partial charge in [-0.05, 0) is 36.4 Å². The third-order valence-corrected chi connectivity index (χ3v) is 3.78. The molecule has 0 aliphatic heterocycles. The zero-order valence-electron chi connectivity index (χ0n) is 13.8. The van der Waals surface area contributed by atoms with Gasteiger partial charge in [0.25, 0.3) is 5.56 Å². The SMILES string of the molecule is O=c1c2ccccc2nc(COc2ccccc2)n1/N=C\c1ccco1. The molecule has 2 aromatic heterocycles. The van der Waals surface area contributed by atoms with Crippen LogP contribution in [0.1, 0.15) is 11.6 Å². The van der Waals surface area contributed by atoms with Crippen LogP contribution in [0, 0.1) is 0 Å². The van der Waals surface area contributed by atoms with Crippen molar-refractivity contribution in [2.24, 2.45) is 5.10 Å². The van der Waals surface area contributed by atoms with Gasteiger partial charge in [-0.2, -0.15) is 9.78 Å². The highest BCUT2D eigenvalue weighted by atomic mass is 16.5. The fourth-order valence-electron chi connectivity index (χ4n) is 2.53. The van der Waals surface area contributed by atoms with Gasteiger partial charge in [0.05, 0.1) is 23.4 Å². The fourth-order valence-corrected chi connectivity index (χ4v) is 2.53. The number of hydrogen-bond donors (Lipinski definition) is 0. The molecule has 0 spiro atoms. The molecule has 4 aromatic rings. The fraction of sp³-hybridized carbons (Fsp3) is 0.0500. The number of nitrogens with zero attached hydrogens (tertiary/aromatic N) is 3. The Morgan fingerprint density at radius 3 is 2.65 bits per heavy atom. The molecule has 0 aliphatic carbocycles. The number of furan rings is 1. The lowest BCUT2D eigenvalue weighted by atomic mass is 10.2. The second-order valence-corrected chi connectivity index (χ2v) is 5.52. The molecule has 0 saturated carbocycles. The minimum atomic E-state index is -0.259. The Kier molecular flexibility index (Phi) is 4.30. The lowest BCUT2D eigenvalue weighted by Gasteiger charge is -2.10. The maximum atomic E-state index is 12.8. The first-order valence-electron chi connectivity index (χ1n) is 8.07. The summed E-state index contributed by atoms with van der Waals surface area (Å²) in [4.78, 5) is 17.4. The highest BCUT2D eigenvalue weighted by Crippen LogP contribution is 2.13. The van der Waals surface area contributed by atoms with Gasteiger partial charge in [0.2, 0.25) is 0 Å². The molecule has 2 aromatic carbocycles. The first-order valence-corrected chi connectivity index (χ1v) is 8.07. The first-order chi connectivity index (χ1) is 12.8. The van der Waals surface area contributed by atoms with Gasteiger partial charge in [-0.25, -0.2) is 4.98 Å². The lowest BCUT2D eigenvalue weighted by molar-refractivity contribution is 0.289. The molecule has 128 valence electrons. The molecule has 0 saturated heterocycles. The Hall–Kier alpha value is -3.67. The molecule has 6 nitrogen and oxygen atoms in total. The summed E-state index contributed by atoms with van der Waals surface area (Å²) in [6.07, 6.45) is 3.02. The molecule has 0 bridgehead atoms. The molecule has 4 rings (SSSR count). The van der Waals surface area contributed by atoms with Crippen LogP contribution in [0.2, 0.25) is 0 Å². The molecule has 0 radical (unpaired) electrons. The Morgan fingerprint density at radius 2 is 1.85 bits per heavy atom. The van der Waals surface area contributed by atoms with Crippen LogP contribution >= 0.6 is 0 Å². The minimum absolute atomic E-state index is 0.111. The van der Waals surface area contributed by atoms with E-state index in [1.54, 1.807) is 36.6 Å². The number of para-hydroxylation sites is 2. The van der Waals surface area contributed by atoms with Crippen molar-refractivity contribution in [1.29, 1.82) is 0 Å². The smallest absolute Gasteiger partial charge is 0.282 e. The molecule has 0 unspecified atom stereocenters. The van der Waals surface area contributed by atoms with Crippen molar-refractivity contribution in [3.63, 3.8) is 0 Å². The Labute approximate surface area is 149 Å². The number of hydrogen-bond acceptors (Lipinski definition) is 5. The van der Waals surface area contributed by atoms with E-state index >= 15 is 0 Å². The van der Waals surface area contributed by atoms with Crippen LogP contribution in [0.4, 0.5) is 0 Å². The van der Waals surface area contributed by atoms with Crippen LogP contribution in [0.3, 0.4) is 0 Å². The van der Waals surface area contributed by atoms with E-state index in [1.165, 1.54) is 10.9 Å². The molecule has 0 amide bonds. The summed E-state index contributed by atoms with van der Waals surface area (Å²) in [5, 5.41) is 4.75. The monoisotopic (exact) mass is 345 g/mol. The predicted octanol–water partition coefficient (Wildman–Crippen LogP) is 3.45. The van der Waals surface area contributed by atoms with Crippen LogP contribution in [-0.4, -0.2) is 15.9 Å². The number of rotatable bonds is 5. The summed E-state index contributed by atoms with van der Waals surface area (Å²) in [6.45, 7) is 0.111. The average Bonchev–Trinajstić information content (AvgIpc) is 3.20. The zero-order valence-corrected chi connectivity index (χ0v) is 13.8. The van der Waals surface area contributed by atoms with E-state index in [-0.39, 0.29) is 12.2 Å². The van der Waals surface area contributed by atoms with Crippen LogP contribution < -0.4 is 10.3 Å². The van der Waals surface area contributed by atoms with Gasteiger partial charge in [0.15, 0.2) is 5.82 Å². The van der Waals surface area contributed by atoms with Crippen LogP contribution in [0.5, 0.6) is 5.75 Å². The normalized spacial score (nSPS) is 11.2. The standard InChI is InChI=1S/C20H15N3O3/c24-20-17-10-4-5-11-18(17)22-19(14-26-15-7-2-1-3-8-15)23(20)21-13-16-9-6-12-25-16/h1-13H,14H2/b21-13-. The second kappa shape index (κ2) is 7.06. The van der Waals surface area contributed by atoms with E-state index < -0.39 is 0 Å². The van der Waals surface area contributed by atoms with Crippen molar-refractivity contribution < 1.29 is 9.15 Å². The second-order valence-electron chi connectivity index (χ2n) is 5.52. The van der Waals surface area contributed by atoms with Gasteiger partial charge in [0.1, 0.15) is 18.1 Å². The summed E-state index contributed by atoms with van der Waals surface area (Å²) in [7, 11) is 0. The molecule has 0 atom stereocenters. The first kappa shape index (κ1) is 15.8. The average molecular weight is 345 g/mol. The number of ether oxygens (including phenoxy) is 1. The zero-order chi connectivity index (χ0) is 17.8.